The molecule has 0 aliphatic rings. The number of pyridine rings is 1. The summed E-state index contributed by atoms with van der Waals surface area (Å²) < 4.78 is 43.6. The Kier molecular flexibility index (Phi) is 5.05. The van der Waals surface area contributed by atoms with Crippen molar-refractivity contribution in [1.29, 1.82) is 0 Å². The average molecular weight is 427 g/mol. The van der Waals surface area contributed by atoms with Crippen molar-refractivity contribution >= 4 is 17.4 Å². The minimum absolute atomic E-state index is 0.104. The Morgan fingerprint density at radius 3 is 2.61 bits per heavy atom. The van der Waals surface area contributed by atoms with Gasteiger partial charge in [0, 0.05) is 11.3 Å². The summed E-state index contributed by atoms with van der Waals surface area (Å²) in [5, 5.41) is 7.01. The maximum Gasteiger partial charge on any atom is 0.573 e. The number of hydrogen-bond acceptors (Lipinski definition) is 5. The molecule has 7 nitrogen and oxygen atoms in total. The number of fused-ring (bicyclic) bond motifs is 1. The fourth-order valence-corrected chi connectivity index (χ4v) is 3.15. The standard InChI is InChI=1S/C21H16F3N5O2/c1-12-9-13(2)26-18(10-12)27-20(30)16-11-25-19-8-7-15(28-29(16)19)14-5-3-4-6-17(14)31-21(22,23)24/h3-11H,1-2H3,(H,26,27,30). The second-order valence-electron chi connectivity index (χ2n) is 6.80. The van der Waals surface area contributed by atoms with Crippen LogP contribution in [0.4, 0.5) is 19.0 Å². The molecule has 0 atom stereocenters. The first-order valence-electron chi connectivity index (χ1n) is 9.16. The van der Waals surface area contributed by atoms with Crippen LogP contribution < -0.4 is 10.1 Å². The molecule has 1 N–H and O–H groups in total. The van der Waals surface area contributed by atoms with E-state index in [1.807, 2.05) is 19.9 Å². The molecule has 0 aliphatic carbocycles. The highest BCUT2D eigenvalue weighted by atomic mass is 19.4. The lowest BCUT2D eigenvalue weighted by Gasteiger charge is -2.13. The van der Waals surface area contributed by atoms with E-state index < -0.39 is 18.0 Å². The molecule has 158 valence electrons. The molecule has 10 heteroatoms. The number of anilines is 1. The quantitative estimate of drug-likeness (QED) is 0.516. The van der Waals surface area contributed by atoms with Gasteiger partial charge in [-0.3, -0.25) is 4.79 Å². The Bertz CT molecular complexity index is 1260. The molecule has 0 saturated heterocycles. The number of amides is 1. The molecule has 4 rings (SSSR count). The second kappa shape index (κ2) is 7.71. The number of alkyl halides is 3. The van der Waals surface area contributed by atoms with Crippen LogP contribution in [0.25, 0.3) is 16.9 Å². The van der Waals surface area contributed by atoms with Crippen molar-refractivity contribution in [3.63, 3.8) is 0 Å². The number of aryl methyl sites for hydroxylation is 2. The molecule has 0 spiro atoms. The monoisotopic (exact) mass is 427 g/mol. The van der Waals surface area contributed by atoms with Gasteiger partial charge in [0.2, 0.25) is 0 Å². The van der Waals surface area contributed by atoms with Gasteiger partial charge in [-0.15, -0.1) is 13.2 Å². The average Bonchev–Trinajstić information content (AvgIpc) is 3.09. The third-order valence-corrected chi connectivity index (χ3v) is 4.32. The zero-order valence-corrected chi connectivity index (χ0v) is 16.4. The van der Waals surface area contributed by atoms with Crippen LogP contribution in [0.15, 0.2) is 54.7 Å². The largest absolute Gasteiger partial charge is 0.573 e. The third kappa shape index (κ3) is 4.47. The van der Waals surface area contributed by atoms with E-state index in [4.69, 9.17) is 0 Å². The van der Waals surface area contributed by atoms with Gasteiger partial charge < -0.3 is 10.1 Å². The molecule has 0 saturated carbocycles. The Morgan fingerprint density at radius 1 is 1.10 bits per heavy atom. The van der Waals surface area contributed by atoms with Crippen LogP contribution in [0, 0.1) is 13.8 Å². The van der Waals surface area contributed by atoms with Crippen LogP contribution in [-0.2, 0) is 0 Å². The van der Waals surface area contributed by atoms with Gasteiger partial charge >= 0.3 is 6.36 Å². The lowest BCUT2D eigenvalue weighted by Crippen LogP contribution is -2.18. The van der Waals surface area contributed by atoms with Crippen molar-refractivity contribution in [1.82, 2.24) is 19.6 Å². The molecule has 1 aromatic carbocycles. The van der Waals surface area contributed by atoms with Crippen molar-refractivity contribution in [2.45, 2.75) is 20.2 Å². The first-order chi connectivity index (χ1) is 14.7. The summed E-state index contributed by atoms with van der Waals surface area (Å²) in [5.41, 5.74) is 2.45. The first kappa shape index (κ1) is 20.3. The molecule has 0 unspecified atom stereocenters. The summed E-state index contributed by atoms with van der Waals surface area (Å²) >= 11 is 0. The number of benzene rings is 1. The number of carbonyl (C=O) groups excluding carboxylic acids is 1. The number of nitrogens with zero attached hydrogens (tertiary/aromatic N) is 4. The minimum Gasteiger partial charge on any atom is -0.405 e. The summed E-state index contributed by atoms with van der Waals surface area (Å²) in [6.45, 7) is 3.69. The number of imidazole rings is 1. The third-order valence-electron chi connectivity index (χ3n) is 4.32. The molecule has 0 radical (unpaired) electrons. The lowest BCUT2D eigenvalue weighted by molar-refractivity contribution is -0.274. The van der Waals surface area contributed by atoms with Crippen molar-refractivity contribution in [2.75, 3.05) is 5.32 Å². The van der Waals surface area contributed by atoms with Gasteiger partial charge in [-0.05, 0) is 55.8 Å². The zero-order chi connectivity index (χ0) is 22.2. The highest BCUT2D eigenvalue weighted by Gasteiger charge is 2.32. The Labute approximate surface area is 174 Å². The van der Waals surface area contributed by atoms with Crippen molar-refractivity contribution in [3.05, 3.63) is 71.7 Å². The number of rotatable bonds is 4. The Balaban J connectivity index is 1.71. The van der Waals surface area contributed by atoms with Crippen LogP contribution in [0.1, 0.15) is 21.7 Å². The number of halogens is 3. The molecule has 0 aliphatic heterocycles. The van der Waals surface area contributed by atoms with Gasteiger partial charge in [0.25, 0.3) is 5.91 Å². The topological polar surface area (TPSA) is 81.4 Å². The molecule has 0 bridgehead atoms. The summed E-state index contributed by atoms with van der Waals surface area (Å²) in [5.74, 6) is -0.528. The van der Waals surface area contributed by atoms with Gasteiger partial charge in [-0.2, -0.15) is 5.10 Å². The number of hydrogen-bond donors (Lipinski definition) is 1. The Morgan fingerprint density at radius 2 is 1.87 bits per heavy atom. The van der Waals surface area contributed by atoms with E-state index in [-0.39, 0.29) is 17.0 Å². The lowest BCUT2D eigenvalue weighted by atomic mass is 10.1. The summed E-state index contributed by atoms with van der Waals surface area (Å²) in [6, 6.07) is 12.3. The maximum absolute atomic E-state index is 12.8. The molecule has 3 aromatic heterocycles. The molecular formula is C21H16F3N5O2. The van der Waals surface area contributed by atoms with Crippen LogP contribution >= 0.6 is 0 Å². The van der Waals surface area contributed by atoms with E-state index in [0.29, 0.717) is 11.5 Å². The predicted octanol–water partition coefficient (Wildman–Crippen LogP) is 4.56. The molecule has 4 aromatic rings. The van der Waals surface area contributed by atoms with E-state index in [0.717, 1.165) is 11.3 Å². The van der Waals surface area contributed by atoms with E-state index in [1.165, 1.54) is 35.0 Å². The maximum atomic E-state index is 12.8. The van der Waals surface area contributed by atoms with E-state index in [2.05, 4.69) is 25.1 Å². The number of para-hydroxylation sites is 1. The molecule has 31 heavy (non-hydrogen) atoms. The summed E-state index contributed by atoms with van der Waals surface area (Å²) in [7, 11) is 0. The predicted molar refractivity (Wildman–Crippen MR) is 107 cm³/mol. The van der Waals surface area contributed by atoms with Crippen LogP contribution in [0.3, 0.4) is 0 Å². The van der Waals surface area contributed by atoms with E-state index >= 15 is 0 Å². The van der Waals surface area contributed by atoms with E-state index in [1.54, 1.807) is 18.2 Å². The molecule has 3 heterocycles. The fraction of sp³-hybridized carbons (Fsp3) is 0.143. The Hall–Kier alpha value is -3.95. The van der Waals surface area contributed by atoms with Crippen LogP contribution in [-0.4, -0.2) is 31.9 Å². The van der Waals surface area contributed by atoms with E-state index in [9.17, 15) is 18.0 Å². The van der Waals surface area contributed by atoms with Crippen molar-refractivity contribution in [2.24, 2.45) is 0 Å². The van der Waals surface area contributed by atoms with Crippen LogP contribution in [0.5, 0.6) is 5.75 Å². The summed E-state index contributed by atoms with van der Waals surface area (Å²) in [4.78, 5) is 21.2. The number of ether oxygens (including phenoxy) is 1. The zero-order valence-electron chi connectivity index (χ0n) is 16.4. The molecular weight excluding hydrogens is 411 g/mol. The fourth-order valence-electron chi connectivity index (χ4n) is 3.15. The second-order valence-corrected chi connectivity index (χ2v) is 6.80. The SMILES string of the molecule is Cc1cc(C)nc(NC(=O)c2cnc3ccc(-c4ccccc4OC(F)(F)F)nn23)c1. The minimum atomic E-state index is -4.85. The van der Waals surface area contributed by atoms with Gasteiger partial charge in [-0.1, -0.05) is 12.1 Å². The normalized spacial score (nSPS) is 11.5. The first-order valence-corrected chi connectivity index (χ1v) is 9.16. The highest BCUT2D eigenvalue weighted by Crippen LogP contribution is 2.32. The van der Waals surface area contributed by atoms with Crippen molar-refractivity contribution in [3.8, 4) is 17.0 Å². The molecule has 1 amide bonds. The molecule has 0 fully saturated rings. The van der Waals surface area contributed by atoms with Crippen LogP contribution in [0.2, 0.25) is 0 Å². The highest BCUT2D eigenvalue weighted by molar-refractivity contribution is 6.02. The van der Waals surface area contributed by atoms with Gasteiger partial charge in [0.05, 0.1) is 11.9 Å². The van der Waals surface area contributed by atoms with Gasteiger partial charge in [0.15, 0.2) is 11.3 Å². The van der Waals surface area contributed by atoms with Crippen molar-refractivity contribution < 1.29 is 22.7 Å². The van der Waals surface area contributed by atoms with Gasteiger partial charge in [0.1, 0.15) is 11.6 Å². The smallest absolute Gasteiger partial charge is 0.405 e. The number of carbonyl (C=O) groups is 1. The summed E-state index contributed by atoms with van der Waals surface area (Å²) in [6.07, 6.45) is -3.51. The number of nitrogens with one attached hydrogen (secondary N) is 1. The number of aromatic nitrogens is 4. The van der Waals surface area contributed by atoms with Gasteiger partial charge in [-0.25, -0.2) is 14.5 Å².